The van der Waals surface area contributed by atoms with Gasteiger partial charge in [-0.05, 0) is 5.41 Å². The standard InChI is InChI=1S/C11H19NO2/c1-10(2,3)6-9(13)12-7-11(8-12)4-5-14-11/h4-8H2,1-3H3. The van der Waals surface area contributed by atoms with Gasteiger partial charge >= 0.3 is 0 Å². The molecule has 0 aromatic rings. The SMILES string of the molecule is CC(C)(C)CC(=O)N1CC2(CCO2)C1. The van der Waals surface area contributed by atoms with Crippen LogP contribution in [0.15, 0.2) is 0 Å². The van der Waals surface area contributed by atoms with E-state index in [0.717, 1.165) is 26.1 Å². The van der Waals surface area contributed by atoms with Crippen molar-refractivity contribution in [3.63, 3.8) is 0 Å². The van der Waals surface area contributed by atoms with E-state index in [1.807, 2.05) is 4.90 Å². The monoisotopic (exact) mass is 197 g/mol. The summed E-state index contributed by atoms with van der Waals surface area (Å²) in [7, 11) is 0. The van der Waals surface area contributed by atoms with E-state index in [4.69, 9.17) is 4.74 Å². The summed E-state index contributed by atoms with van der Waals surface area (Å²) in [5.41, 5.74) is 0.174. The molecule has 0 saturated carbocycles. The molecule has 0 radical (unpaired) electrons. The second kappa shape index (κ2) is 2.96. The van der Waals surface area contributed by atoms with Crippen LogP contribution in [0.25, 0.3) is 0 Å². The van der Waals surface area contributed by atoms with Crippen molar-refractivity contribution in [1.29, 1.82) is 0 Å². The van der Waals surface area contributed by atoms with E-state index >= 15 is 0 Å². The average Bonchev–Trinajstić information content (AvgIpc) is 1.74. The molecule has 3 heteroatoms. The molecular weight excluding hydrogens is 178 g/mol. The first-order valence-corrected chi connectivity index (χ1v) is 5.32. The van der Waals surface area contributed by atoms with Crippen molar-refractivity contribution in [2.24, 2.45) is 5.41 Å². The number of nitrogens with zero attached hydrogens (tertiary/aromatic N) is 1. The van der Waals surface area contributed by atoms with Crippen molar-refractivity contribution < 1.29 is 9.53 Å². The lowest BCUT2D eigenvalue weighted by Crippen LogP contribution is -2.69. The van der Waals surface area contributed by atoms with Gasteiger partial charge in [0.2, 0.25) is 5.91 Å². The smallest absolute Gasteiger partial charge is 0.223 e. The fraction of sp³-hybridized carbons (Fsp3) is 0.909. The van der Waals surface area contributed by atoms with Crippen LogP contribution in [0.2, 0.25) is 0 Å². The third kappa shape index (κ3) is 1.78. The van der Waals surface area contributed by atoms with Crippen LogP contribution in [0, 0.1) is 5.41 Å². The van der Waals surface area contributed by atoms with Crippen molar-refractivity contribution in [2.75, 3.05) is 19.7 Å². The van der Waals surface area contributed by atoms with Crippen LogP contribution < -0.4 is 0 Å². The molecule has 2 heterocycles. The first-order chi connectivity index (χ1) is 6.40. The van der Waals surface area contributed by atoms with Crippen LogP contribution in [0.3, 0.4) is 0 Å². The van der Waals surface area contributed by atoms with E-state index in [0.29, 0.717) is 6.42 Å². The summed E-state index contributed by atoms with van der Waals surface area (Å²) in [5.74, 6) is 0.277. The molecule has 2 aliphatic rings. The molecule has 2 saturated heterocycles. The zero-order valence-electron chi connectivity index (χ0n) is 9.30. The predicted octanol–water partition coefficient (Wildman–Crippen LogP) is 1.42. The first kappa shape index (κ1) is 9.97. The number of ether oxygens (including phenoxy) is 1. The molecule has 1 amide bonds. The van der Waals surface area contributed by atoms with E-state index in [1.54, 1.807) is 0 Å². The molecule has 0 aliphatic carbocycles. The molecule has 1 spiro atoms. The highest BCUT2D eigenvalue weighted by atomic mass is 16.5. The first-order valence-electron chi connectivity index (χ1n) is 5.32. The Morgan fingerprint density at radius 1 is 1.43 bits per heavy atom. The molecule has 14 heavy (non-hydrogen) atoms. The van der Waals surface area contributed by atoms with Crippen LogP contribution in [0.1, 0.15) is 33.6 Å². The van der Waals surface area contributed by atoms with E-state index in [-0.39, 0.29) is 16.9 Å². The van der Waals surface area contributed by atoms with Gasteiger partial charge in [0.25, 0.3) is 0 Å². The van der Waals surface area contributed by atoms with Crippen molar-refractivity contribution in [3.8, 4) is 0 Å². The fourth-order valence-corrected chi connectivity index (χ4v) is 2.03. The maximum Gasteiger partial charge on any atom is 0.223 e. The lowest BCUT2D eigenvalue weighted by Gasteiger charge is -2.55. The summed E-state index contributed by atoms with van der Waals surface area (Å²) < 4.78 is 5.47. The molecule has 0 atom stereocenters. The summed E-state index contributed by atoms with van der Waals surface area (Å²) in [5, 5.41) is 0. The fourth-order valence-electron chi connectivity index (χ4n) is 2.03. The van der Waals surface area contributed by atoms with Gasteiger partial charge in [-0.1, -0.05) is 20.8 Å². The zero-order chi connectivity index (χ0) is 10.4. The van der Waals surface area contributed by atoms with Gasteiger partial charge < -0.3 is 9.64 Å². The maximum absolute atomic E-state index is 11.7. The van der Waals surface area contributed by atoms with Gasteiger partial charge in [0.1, 0.15) is 5.60 Å². The Bertz CT molecular complexity index is 243. The van der Waals surface area contributed by atoms with Gasteiger partial charge in [0, 0.05) is 12.8 Å². The Kier molecular flexibility index (Phi) is 2.11. The van der Waals surface area contributed by atoms with Crippen LogP contribution in [0.4, 0.5) is 0 Å². The van der Waals surface area contributed by atoms with Crippen LogP contribution >= 0.6 is 0 Å². The quantitative estimate of drug-likeness (QED) is 0.636. The molecule has 0 bridgehead atoms. The van der Waals surface area contributed by atoms with E-state index < -0.39 is 0 Å². The van der Waals surface area contributed by atoms with Crippen LogP contribution in [-0.2, 0) is 9.53 Å². The van der Waals surface area contributed by atoms with E-state index in [9.17, 15) is 4.79 Å². The number of likely N-dealkylation sites (tertiary alicyclic amines) is 1. The lowest BCUT2D eigenvalue weighted by atomic mass is 9.84. The normalized spacial score (nSPS) is 24.4. The van der Waals surface area contributed by atoms with Crippen molar-refractivity contribution in [1.82, 2.24) is 4.90 Å². The molecule has 0 unspecified atom stereocenters. The number of amides is 1. The Balaban J connectivity index is 1.79. The lowest BCUT2D eigenvalue weighted by molar-refractivity contribution is -0.222. The van der Waals surface area contributed by atoms with Gasteiger partial charge in [-0.15, -0.1) is 0 Å². The molecular formula is C11H19NO2. The van der Waals surface area contributed by atoms with Crippen LogP contribution in [-0.4, -0.2) is 36.1 Å². The molecule has 2 fully saturated rings. The third-order valence-corrected chi connectivity index (χ3v) is 2.96. The van der Waals surface area contributed by atoms with Crippen LogP contribution in [0.5, 0.6) is 0 Å². The maximum atomic E-state index is 11.7. The van der Waals surface area contributed by atoms with Gasteiger partial charge in [-0.25, -0.2) is 0 Å². The molecule has 0 aromatic heterocycles. The van der Waals surface area contributed by atoms with Gasteiger partial charge in [0.15, 0.2) is 0 Å². The van der Waals surface area contributed by atoms with Gasteiger partial charge in [-0.2, -0.15) is 0 Å². The molecule has 80 valence electrons. The summed E-state index contributed by atoms with van der Waals surface area (Å²) >= 11 is 0. The summed E-state index contributed by atoms with van der Waals surface area (Å²) in [4.78, 5) is 13.7. The molecule has 2 rings (SSSR count). The largest absolute Gasteiger partial charge is 0.371 e. The number of carbonyl (C=O) groups is 1. The van der Waals surface area contributed by atoms with Crippen molar-refractivity contribution in [3.05, 3.63) is 0 Å². The summed E-state index contributed by atoms with van der Waals surface area (Å²) in [6.07, 6.45) is 1.77. The Morgan fingerprint density at radius 2 is 2.00 bits per heavy atom. The summed E-state index contributed by atoms with van der Waals surface area (Å²) in [6, 6.07) is 0. The van der Waals surface area contributed by atoms with E-state index in [1.165, 1.54) is 0 Å². The number of rotatable bonds is 1. The van der Waals surface area contributed by atoms with Crippen molar-refractivity contribution >= 4 is 5.91 Å². The highest BCUT2D eigenvalue weighted by molar-refractivity contribution is 5.78. The average molecular weight is 197 g/mol. The molecule has 2 aliphatic heterocycles. The second-order valence-corrected chi connectivity index (χ2v) is 5.77. The second-order valence-electron chi connectivity index (χ2n) is 5.77. The zero-order valence-corrected chi connectivity index (χ0v) is 9.30. The topological polar surface area (TPSA) is 29.5 Å². The van der Waals surface area contributed by atoms with E-state index in [2.05, 4.69) is 20.8 Å². The number of hydrogen-bond donors (Lipinski definition) is 0. The Hall–Kier alpha value is -0.570. The predicted molar refractivity (Wildman–Crippen MR) is 54.0 cm³/mol. The minimum absolute atomic E-state index is 0.0769. The third-order valence-electron chi connectivity index (χ3n) is 2.96. The number of carbonyl (C=O) groups excluding carboxylic acids is 1. The highest BCUT2D eigenvalue weighted by Crippen LogP contribution is 2.36. The highest BCUT2D eigenvalue weighted by Gasteiger charge is 2.50. The molecule has 0 N–H and O–H groups in total. The molecule has 0 aromatic carbocycles. The Labute approximate surface area is 85.4 Å². The van der Waals surface area contributed by atoms with Gasteiger partial charge in [0.05, 0.1) is 19.7 Å². The molecule has 3 nitrogen and oxygen atoms in total. The van der Waals surface area contributed by atoms with Gasteiger partial charge in [-0.3, -0.25) is 4.79 Å². The van der Waals surface area contributed by atoms with Crippen molar-refractivity contribution in [2.45, 2.75) is 39.2 Å². The minimum Gasteiger partial charge on any atom is -0.371 e. The minimum atomic E-state index is 0.0769. The Morgan fingerprint density at radius 3 is 2.36 bits per heavy atom. The number of hydrogen-bond acceptors (Lipinski definition) is 2. The summed E-state index contributed by atoms with van der Waals surface area (Å²) in [6.45, 7) is 8.81.